The van der Waals surface area contributed by atoms with Crippen LogP contribution < -0.4 is 15.4 Å². The maximum Gasteiger partial charge on any atom is 0.323 e. The molecule has 2 heterocycles. The highest BCUT2D eigenvalue weighted by Gasteiger charge is 2.19. The second-order valence-corrected chi connectivity index (χ2v) is 7.09. The van der Waals surface area contributed by atoms with Gasteiger partial charge in [0.2, 0.25) is 0 Å². The van der Waals surface area contributed by atoms with Crippen molar-refractivity contribution in [3.63, 3.8) is 0 Å². The largest absolute Gasteiger partial charge is 0.470 e. The molecule has 0 spiro atoms. The maximum atomic E-state index is 13.8. The summed E-state index contributed by atoms with van der Waals surface area (Å²) in [4.78, 5) is 18.6. The van der Waals surface area contributed by atoms with E-state index in [4.69, 9.17) is 4.74 Å². The van der Waals surface area contributed by atoms with E-state index >= 15 is 0 Å². The summed E-state index contributed by atoms with van der Waals surface area (Å²) in [6.45, 7) is 3.51. The molecule has 9 heteroatoms. The molecule has 0 saturated heterocycles. The zero-order valence-corrected chi connectivity index (χ0v) is 17.2. The van der Waals surface area contributed by atoms with E-state index in [-0.39, 0.29) is 11.9 Å². The lowest BCUT2D eigenvalue weighted by atomic mass is 10.1. The number of aromatic nitrogens is 2. The molecule has 1 aliphatic rings. The molecule has 1 atom stereocenters. The molecule has 160 valence electrons. The van der Waals surface area contributed by atoms with Crippen LogP contribution in [-0.4, -0.2) is 46.4 Å². The third kappa shape index (κ3) is 4.66. The van der Waals surface area contributed by atoms with E-state index in [1.807, 2.05) is 24.9 Å². The van der Waals surface area contributed by atoms with Gasteiger partial charge in [0.25, 0.3) is 0 Å². The van der Waals surface area contributed by atoms with Gasteiger partial charge in [-0.15, -0.1) is 0 Å². The Hall–Kier alpha value is -3.88. The first-order chi connectivity index (χ1) is 15.0. The number of carbonyl (C=O) groups excluding carboxylic acids is 1. The number of ether oxygens (including phenoxy) is 1. The summed E-state index contributed by atoms with van der Waals surface area (Å²) in [5, 5.41) is 9.49. The minimum atomic E-state index is -0.545. The second-order valence-electron chi connectivity index (χ2n) is 7.09. The summed E-state index contributed by atoms with van der Waals surface area (Å²) >= 11 is 0. The van der Waals surface area contributed by atoms with Crippen molar-refractivity contribution >= 4 is 23.7 Å². The quantitative estimate of drug-likeness (QED) is 0.630. The molecule has 3 aromatic rings. The van der Waals surface area contributed by atoms with E-state index in [9.17, 15) is 9.18 Å². The number of urea groups is 1. The Morgan fingerprint density at radius 3 is 2.74 bits per heavy atom. The maximum absolute atomic E-state index is 13.8. The van der Waals surface area contributed by atoms with Crippen molar-refractivity contribution in [2.45, 2.75) is 13.2 Å². The van der Waals surface area contributed by atoms with Gasteiger partial charge >= 0.3 is 6.03 Å². The number of para-hydroxylation sites is 1. The molecular formula is C22H23FN6O2. The number of anilines is 2. The Kier molecular flexibility index (Phi) is 5.83. The minimum absolute atomic E-state index is 0.105. The monoisotopic (exact) mass is 422 g/mol. The summed E-state index contributed by atoms with van der Waals surface area (Å²) in [5.41, 5.74) is 2.24. The zero-order valence-electron chi connectivity index (χ0n) is 17.2. The highest BCUT2D eigenvalue weighted by molar-refractivity contribution is 6.00. The second kappa shape index (κ2) is 8.86. The smallest absolute Gasteiger partial charge is 0.323 e. The SMILES string of the molecule is CC(Oc1ccc(NC(=O)Nc2ccccc2F)cc1-c1ccnn1C)N1C=NCC1. The van der Waals surface area contributed by atoms with Gasteiger partial charge in [-0.2, -0.15) is 5.10 Å². The van der Waals surface area contributed by atoms with Gasteiger partial charge in [0.1, 0.15) is 11.6 Å². The Labute approximate surface area is 179 Å². The third-order valence-electron chi connectivity index (χ3n) is 4.94. The lowest BCUT2D eigenvalue weighted by Crippen LogP contribution is -2.35. The summed E-state index contributed by atoms with van der Waals surface area (Å²) in [7, 11) is 1.83. The molecule has 2 N–H and O–H groups in total. The highest BCUT2D eigenvalue weighted by atomic mass is 19.1. The lowest BCUT2D eigenvalue weighted by molar-refractivity contribution is 0.107. The predicted octanol–water partition coefficient (Wildman–Crippen LogP) is 3.94. The van der Waals surface area contributed by atoms with E-state index in [1.54, 1.807) is 47.5 Å². The number of nitrogens with zero attached hydrogens (tertiary/aromatic N) is 4. The topological polar surface area (TPSA) is 83.8 Å². The first-order valence-corrected chi connectivity index (χ1v) is 9.88. The number of rotatable bonds is 6. The van der Waals surface area contributed by atoms with E-state index in [1.165, 1.54) is 12.1 Å². The molecule has 1 aliphatic heterocycles. The van der Waals surface area contributed by atoms with Gasteiger partial charge in [0, 0.05) is 31.0 Å². The van der Waals surface area contributed by atoms with Gasteiger partial charge < -0.3 is 20.3 Å². The zero-order chi connectivity index (χ0) is 21.8. The first-order valence-electron chi connectivity index (χ1n) is 9.88. The Morgan fingerprint density at radius 1 is 1.19 bits per heavy atom. The van der Waals surface area contributed by atoms with E-state index in [0.717, 1.165) is 24.3 Å². The van der Waals surface area contributed by atoms with Crippen LogP contribution in [0.15, 0.2) is 59.7 Å². The summed E-state index contributed by atoms with van der Waals surface area (Å²) in [5.74, 6) is 0.146. The van der Waals surface area contributed by atoms with Crippen molar-refractivity contribution in [2.75, 3.05) is 23.7 Å². The van der Waals surface area contributed by atoms with Crippen molar-refractivity contribution in [3.05, 3.63) is 60.5 Å². The fraction of sp³-hybridized carbons (Fsp3) is 0.227. The number of aryl methyl sites for hydroxylation is 1. The van der Waals surface area contributed by atoms with Gasteiger partial charge in [-0.25, -0.2) is 9.18 Å². The van der Waals surface area contributed by atoms with Crippen LogP contribution in [0.25, 0.3) is 11.3 Å². The first kappa shape index (κ1) is 20.4. The fourth-order valence-corrected chi connectivity index (χ4v) is 3.32. The predicted molar refractivity (Wildman–Crippen MR) is 118 cm³/mol. The van der Waals surface area contributed by atoms with Crippen LogP contribution in [0.2, 0.25) is 0 Å². The molecular weight excluding hydrogens is 399 g/mol. The van der Waals surface area contributed by atoms with Crippen molar-refractivity contribution in [2.24, 2.45) is 12.0 Å². The van der Waals surface area contributed by atoms with Crippen molar-refractivity contribution in [3.8, 4) is 17.0 Å². The molecule has 2 amide bonds. The fourth-order valence-electron chi connectivity index (χ4n) is 3.32. The van der Waals surface area contributed by atoms with Crippen LogP contribution in [-0.2, 0) is 7.05 Å². The standard InChI is InChI=1S/C22H23FN6O2/c1-15(29-12-11-24-14-29)31-21-8-7-16(13-17(21)20-9-10-25-28(20)2)26-22(30)27-19-6-4-3-5-18(19)23/h3-10,13-15H,11-12H2,1-2H3,(H2,26,27,30). The number of carbonyl (C=O) groups is 1. The van der Waals surface area contributed by atoms with Crippen LogP contribution in [0.1, 0.15) is 6.92 Å². The van der Waals surface area contributed by atoms with Crippen LogP contribution in [0.5, 0.6) is 5.75 Å². The number of benzene rings is 2. The number of halogens is 1. The van der Waals surface area contributed by atoms with Crippen LogP contribution in [0, 0.1) is 5.82 Å². The van der Waals surface area contributed by atoms with E-state index in [2.05, 4.69) is 20.7 Å². The molecule has 1 aromatic heterocycles. The van der Waals surface area contributed by atoms with Gasteiger partial charge in [-0.1, -0.05) is 12.1 Å². The van der Waals surface area contributed by atoms with Crippen molar-refractivity contribution in [1.82, 2.24) is 14.7 Å². The summed E-state index contributed by atoms with van der Waals surface area (Å²) in [6, 6.07) is 12.7. The van der Waals surface area contributed by atoms with Gasteiger partial charge in [0.05, 0.1) is 24.3 Å². The Bertz CT molecular complexity index is 1110. The number of hydrogen-bond acceptors (Lipinski definition) is 5. The minimum Gasteiger partial charge on any atom is -0.470 e. The Balaban J connectivity index is 1.57. The molecule has 31 heavy (non-hydrogen) atoms. The molecule has 2 aromatic carbocycles. The van der Waals surface area contributed by atoms with Crippen molar-refractivity contribution in [1.29, 1.82) is 0 Å². The average molecular weight is 422 g/mol. The third-order valence-corrected chi connectivity index (χ3v) is 4.94. The van der Waals surface area contributed by atoms with E-state index in [0.29, 0.717) is 11.4 Å². The van der Waals surface area contributed by atoms with Gasteiger partial charge in [-0.3, -0.25) is 9.67 Å². The lowest BCUT2D eigenvalue weighted by Gasteiger charge is -2.25. The molecule has 0 bridgehead atoms. The number of aliphatic imine (C=N–C) groups is 1. The normalized spacial score (nSPS) is 13.8. The van der Waals surface area contributed by atoms with Crippen LogP contribution in [0.3, 0.4) is 0 Å². The average Bonchev–Trinajstić information content (AvgIpc) is 3.43. The molecule has 0 aliphatic carbocycles. The van der Waals surface area contributed by atoms with Crippen LogP contribution in [0.4, 0.5) is 20.6 Å². The van der Waals surface area contributed by atoms with Gasteiger partial charge in [0.15, 0.2) is 6.23 Å². The highest BCUT2D eigenvalue weighted by Crippen LogP contribution is 2.33. The molecule has 4 rings (SSSR count). The summed E-state index contributed by atoms with van der Waals surface area (Å²) in [6.07, 6.45) is 3.28. The van der Waals surface area contributed by atoms with Crippen molar-refractivity contribution < 1.29 is 13.9 Å². The Morgan fingerprint density at radius 2 is 2.03 bits per heavy atom. The molecule has 1 unspecified atom stereocenters. The molecule has 0 fully saturated rings. The number of nitrogens with one attached hydrogen (secondary N) is 2. The molecule has 0 saturated carbocycles. The molecule has 0 radical (unpaired) electrons. The molecule has 8 nitrogen and oxygen atoms in total. The number of hydrogen-bond donors (Lipinski definition) is 2. The number of amides is 2. The van der Waals surface area contributed by atoms with Gasteiger partial charge in [-0.05, 0) is 43.3 Å². The van der Waals surface area contributed by atoms with E-state index < -0.39 is 11.8 Å². The van der Waals surface area contributed by atoms with Crippen LogP contribution >= 0.6 is 0 Å². The summed E-state index contributed by atoms with van der Waals surface area (Å²) < 4.78 is 21.7.